The van der Waals surface area contributed by atoms with Gasteiger partial charge in [0.15, 0.2) is 6.61 Å². The molecule has 6 nitrogen and oxygen atoms in total. The van der Waals surface area contributed by atoms with Crippen LogP contribution in [-0.4, -0.2) is 31.0 Å². The zero-order chi connectivity index (χ0) is 14.5. The summed E-state index contributed by atoms with van der Waals surface area (Å²) in [4.78, 5) is 23.0. The minimum absolute atomic E-state index is 0. The molecule has 0 heterocycles. The molecule has 0 bridgehead atoms. The number of hydrogen-bond donors (Lipinski definition) is 3. The molecule has 0 spiro atoms. The lowest BCUT2D eigenvalue weighted by molar-refractivity contribution is -0.119. The standard InChI is InChI=1S/C14H19N3O3.ClH/c15-7-11(9-5-6-9)17-14(19)10-3-1-2-4-12(10)20-8-13(16)18;/h1-4,9,11H,5-8,15H2,(H2,16,18)(H,17,19);1H. The van der Waals surface area contributed by atoms with Gasteiger partial charge in [-0.1, -0.05) is 12.1 Å². The summed E-state index contributed by atoms with van der Waals surface area (Å²) in [5.74, 6) is -0.0107. The number of carbonyl (C=O) groups is 2. The van der Waals surface area contributed by atoms with Crippen LogP contribution in [0.15, 0.2) is 24.3 Å². The maximum Gasteiger partial charge on any atom is 0.255 e. The first-order valence-electron chi connectivity index (χ1n) is 6.63. The predicted molar refractivity (Wildman–Crippen MR) is 81.4 cm³/mol. The second kappa shape index (κ2) is 7.85. The van der Waals surface area contributed by atoms with E-state index in [4.69, 9.17) is 16.2 Å². The molecule has 1 atom stereocenters. The topological polar surface area (TPSA) is 107 Å². The van der Waals surface area contributed by atoms with Crippen molar-refractivity contribution in [1.82, 2.24) is 5.32 Å². The Bertz CT molecular complexity index is 506. The number of carbonyl (C=O) groups excluding carboxylic acids is 2. The molecule has 1 aromatic rings. The van der Waals surface area contributed by atoms with Crippen molar-refractivity contribution < 1.29 is 14.3 Å². The van der Waals surface area contributed by atoms with Gasteiger partial charge < -0.3 is 21.5 Å². The summed E-state index contributed by atoms with van der Waals surface area (Å²) in [5, 5.41) is 2.91. The van der Waals surface area contributed by atoms with Crippen LogP contribution in [0.25, 0.3) is 0 Å². The Labute approximate surface area is 129 Å². The van der Waals surface area contributed by atoms with Crippen LogP contribution >= 0.6 is 12.4 Å². The van der Waals surface area contributed by atoms with Gasteiger partial charge in [0, 0.05) is 12.6 Å². The minimum Gasteiger partial charge on any atom is -0.483 e. The summed E-state index contributed by atoms with van der Waals surface area (Å²) in [7, 11) is 0. The molecule has 1 aromatic carbocycles. The number of benzene rings is 1. The molecule has 1 saturated carbocycles. The van der Waals surface area contributed by atoms with Crippen LogP contribution in [0.4, 0.5) is 0 Å². The van der Waals surface area contributed by atoms with Crippen molar-refractivity contribution in [2.45, 2.75) is 18.9 Å². The Kier molecular flexibility index (Phi) is 6.45. The first-order chi connectivity index (χ1) is 9.61. The van der Waals surface area contributed by atoms with Gasteiger partial charge in [0.2, 0.25) is 0 Å². The fraction of sp³-hybridized carbons (Fsp3) is 0.429. The Morgan fingerprint density at radius 2 is 2.00 bits per heavy atom. The molecule has 1 unspecified atom stereocenters. The molecular formula is C14H20ClN3O3. The number of rotatable bonds is 7. The highest BCUT2D eigenvalue weighted by Gasteiger charge is 2.31. The number of nitrogens with two attached hydrogens (primary N) is 2. The molecule has 1 aliphatic rings. The second-order valence-corrected chi connectivity index (χ2v) is 4.90. The van der Waals surface area contributed by atoms with E-state index in [1.54, 1.807) is 24.3 Å². The van der Waals surface area contributed by atoms with E-state index < -0.39 is 5.91 Å². The van der Waals surface area contributed by atoms with E-state index in [1.165, 1.54) is 0 Å². The van der Waals surface area contributed by atoms with Gasteiger partial charge in [-0.2, -0.15) is 0 Å². The average molecular weight is 314 g/mol. The number of ether oxygens (including phenoxy) is 1. The number of halogens is 1. The third-order valence-corrected chi connectivity index (χ3v) is 3.26. The maximum absolute atomic E-state index is 12.2. The van der Waals surface area contributed by atoms with Crippen molar-refractivity contribution in [2.75, 3.05) is 13.2 Å². The van der Waals surface area contributed by atoms with Crippen LogP contribution in [0.3, 0.4) is 0 Å². The second-order valence-electron chi connectivity index (χ2n) is 4.90. The van der Waals surface area contributed by atoms with Gasteiger partial charge >= 0.3 is 0 Å². The zero-order valence-corrected chi connectivity index (χ0v) is 12.4. The molecule has 0 aromatic heterocycles. The van der Waals surface area contributed by atoms with Gasteiger partial charge in [-0.3, -0.25) is 9.59 Å². The molecule has 0 radical (unpaired) electrons. The Morgan fingerprint density at radius 3 is 2.57 bits per heavy atom. The highest BCUT2D eigenvalue weighted by molar-refractivity contribution is 5.97. The van der Waals surface area contributed by atoms with Crippen molar-refractivity contribution in [3.05, 3.63) is 29.8 Å². The summed E-state index contributed by atoms with van der Waals surface area (Å²) in [6, 6.07) is 6.74. The van der Waals surface area contributed by atoms with Gasteiger partial charge in [0.25, 0.3) is 11.8 Å². The van der Waals surface area contributed by atoms with Crippen molar-refractivity contribution >= 4 is 24.2 Å². The minimum atomic E-state index is -0.585. The van der Waals surface area contributed by atoms with Gasteiger partial charge in [0.05, 0.1) is 5.56 Å². The zero-order valence-electron chi connectivity index (χ0n) is 11.6. The molecule has 7 heteroatoms. The van der Waals surface area contributed by atoms with Crippen LogP contribution in [0.5, 0.6) is 5.75 Å². The third-order valence-electron chi connectivity index (χ3n) is 3.26. The Hall–Kier alpha value is -1.79. The predicted octanol–water partition coefficient (Wildman–Crippen LogP) is 0.440. The highest BCUT2D eigenvalue weighted by Crippen LogP contribution is 2.32. The van der Waals surface area contributed by atoms with Gasteiger partial charge in [-0.05, 0) is 30.9 Å². The average Bonchev–Trinajstić information content (AvgIpc) is 3.27. The normalized spacial score (nSPS) is 14.7. The number of para-hydroxylation sites is 1. The summed E-state index contributed by atoms with van der Waals surface area (Å²) < 4.78 is 5.24. The monoisotopic (exact) mass is 313 g/mol. The fourth-order valence-corrected chi connectivity index (χ4v) is 2.04. The van der Waals surface area contributed by atoms with Crippen LogP contribution < -0.4 is 21.5 Å². The molecule has 1 fully saturated rings. The van der Waals surface area contributed by atoms with E-state index in [0.29, 0.717) is 23.8 Å². The number of primary amides is 1. The molecule has 1 aliphatic carbocycles. The molecule has 2 amide bonds. The van der Waals surface area contributed by atoms with Crippen molar-refractivity contribution in [2.24, 2.45) is 17.4 Å². The smallest absolute Gasteiger partial charge is 0.255 e. The summed E-state index contributed by atoms with van der Waals surface area (Å²) in [6.45, 7) is 0.161. The van der Waals surface area contributed by atoms with Gasteiger partial charge in [0.1, 0.15) is 5.75 Å². The quantitative estimate of drug-likeness (QED) is 0.678. The van der Waals surface area contributed by atoms with Gasteiger partial charge in [-0.15, -0.1) is 12.4 Å². The summed E-state index contributed by atoms with van der Waals surface area (Å²) >= 11 is 0. The van der Waals surface area contributed by atoms with Crippen LogP contribution in [0, 0.1) is 5.92 Å². The first kappa shape index (κ1) is 17.3. The summed E-state index contributed by atoms with van der Waals surface area (Å²) in [6.07, 6.45) is 2.20. The molecule has 2 rings (SSSR count). The van der Waals surface area contributed by atoms with E-state index in [1.807, 2.05) is 0 Å². The van der Waals surface area contributed by atoms with Crippen molar-refractivity contribution in [3.63, 3.8) is 0 Å². The van der Waals surface area contributed by atoms with Gasteiger partial charge in [-0.25, -0.2) is 0 Å². The fourth-order valence-electron chi connectivity index (χ4n) is 2.04. The third kappa shape index (κ3) is 4.91. The molecule has 21 heavy (non-hydrogen) atoms. The van der Waals surface area contributed by atoms with Crippen molar-refractivity contribution in [1.29, 1.82) is 0 Å². The van der Waals surface area contributed by atoms with E-state index in [9.17, 15) is 9.59 Å². The van der Waals surface area contributed by atoms with E-state index in [2.05, 4.69) is 5.32 Å². The van der Waals surface area contributed by atoms with E-state index in [-0.39, 0.29) is 31.0 Å². The summed E-state index contributed by atoms with van der Waals surface area (Å²) in [5.41, 5.74) is 11.1. The molecule has 116 valence electrons. The lowest BCUT2D eigenvalue weighted by Gasteiger charge is -2.17. The lowest BCUT2D eigenvalue weighted by Crippen LogP contribution is -2.41. The Balaban J connectivity index is 0.00000220. The molecule has 5 N–H and O–H groups in total. The number of hydrogen-bond acceptors (Lipinski definition) is 4. The number of nitrogens with one attached hydrogen (secondary N) is 1. The highest BCUT2D eigenvalue weighted by atomic mass is 35.5. The molecular weight excluding hydrogens is 294 g/mol. The lowest BCUT2D eigenvalue weighted by atomic mass is 10.1. The van der Waals surface area contributed by atoms with Crippen LogP contribution in [0.1, 0.15) is 23.2 Å². The van der Waals surface area contributed by atoms with E-state index >= 15 is 0 Å². The first-order valence-corrected chi connectivity index (χ1v) is 6.63. The maximum atomic E-state index is 12.2. The molecule has 0 saturated heterocycles. The van der Waals surface area contributed by atoms with Crippen LogP contribution in [-0.2, 0) is 4.79 Å². The molecule has 0 aliphatic heterocycles. The number of amides is 2. The largest absolute Gasteiger partial charge is 0.483 e. The Morgan fingerprint density at radius 1 is 1.33 bits per heavy atom. The van der Waals surface area contributed by atoms with Crippen LogP contribution in [0.2, 0.25) is 0 Å². The SMILES string of the molecule is Cl.NCC(NC(=O)c1ccccc1OCC(N)=O)C1CC1. The van der Waals surface area contributed by atoms with E-state index in [0.717, 1.165) is 12.8 Å². The van der Waals surface area contributed by atoms with Crippen molar-refractivity contribution in [3.8, 4) is 5.75 Å².